The number of fused-ring (bicyclic) bond motifs is 1. The number of piperidine rings is 1. The molecule has 0 unspecified atom stereocenters. The Morgan fingerprint density at radius 1 is 0.970 bits per heavy atom. The van der Waals surface area contributed by atoms with E-state index in [2.05, 4.69) is 10.9 Å². The van der Waals surface area contributed by atoms with E-state index in [1.807, 2.05) is 6.07 Å². The third kappa shape index (κ3) is 5.16. The summed E-state index contributed by atoms with van der Waals surface area (Å²) in [5.41, 5.74) is 5.87. The Hall–Kier alpha value is -2.59. The molecule has 4 rings (SSSR count). The van der Waals surface area contributed by atoms with Crippen molar-refractivity contribution < 1.29 is 26.4 Å². The van der Waals surface area contributed by atoms with Crippen LogP contribution in [0.25, 0.3) is 0 Å². The van der Waals surface area contributed by atoms with Gasteiger partial charge in [-0.25, -0.2) is 8.42 Å². The number of anilines is 1. The van der Waals surface area contributed by atoms with E-state index in [9.17, 15) is 26.4 Å². The van der Waals surface area contributed by atoms with Crippen molar-refractivity contribution in [2.75, 3.05) is 18.5 Å². The summed E-state index contributed by atoms with van der Waals surface area (Å²) in [6.07, 6.45) is 0.0504. The van der Waals surface area contributed by atoms with Gasteiger partial charge in [0.1, 0.15) is 0 Å². The molecule has 10 heteroatoms. The van der Waals surface area contributed by atoms with Crippen molar-refractivity contribution in [1.82, 2.24) is 9.73 Å². The average molecular weight is 482 g/mol. The molecule has 0 radical (unpaired) electrons. The van der Waals surface area contributed by atoms with E-state index in [0.717, 1.165) is 37.3 Å². The summed E-state index contributed by atoms with van der Waals surface area (Å²) in [6.45, 7) is 0.354. The second kappa shape index (κ2) is 9.34. The van der Waals surface area contributed by atoms with Crippen LogP contribution in [0.3, 0.4) is 0 Å². The maximum atomic E-state index is 13.1. The van der Waals surface area contributed by atoms with Crippen molar-refractivity contribution in [3.63, 3.8) is 0 Å². The number of benzene rings is 2. The second-order valence-electron chi connectivity index (χ2n) is 8.47. The Kier molecular flexibility index (Phi) is 6.67. The molecule has 1 amide bonds. The fraction of sp³-hybridized carbons (Fsp3) is 0.435. The van der Waals surface area contributed by atoms with Gasteiger partial charge in [0, 0.05) is 19.0 Å². The fourth-order valence-electron chi connectivity index (χ4n) is 4.45. The summed E-state index contributed by atoms with van der Waals surface area (Å²) in [6, 6.07) is 10.2. The highest BCUT2D eigenvalue weighted by atomic mass is 32.2. The van der Waals surface area contributed by atoms with Crippen LogP contribution in [0.15, 0.2) is 47.4 Å². The molecule has 178 valence electrons. The molecule has 33 heavy (non-hydrogen) atoms. The number of nitrogens with one attached hydrogen (secondary N) is 2. The lowest BCUT2D eigenvalue weighted by Crippen LogP contribution is -2.44. The summed E-state index contributed by atoms with van der Waals surface area (Å²) in [5, 5.41) is 0. The molecule has 2 aliphatic rings. The van der Waals surface area contributed by atoms with Gasteiger partial charge in [-0.3, -0.25) is 15.6 Å². The molecular weight excluding hydrogens is 455 g/mol. The van der Waals surface area contributed by atoms with E-state index < -0.39 is 33.6 Å². The standard InChI is InChI=1S/C23H26F3N3O3S/c24-23(25,26)20-7-3-4-8-21(20)27-28-22(30)17-11-13-29(14-12-17)33(31,32)19-10-9-16-5-1-2-6-18(16)15-19/h3-4,7-10,15,17,27H,1-2,5-6,11-14H2,(H,28,30). The molecule has 0 spiro atoms. The third-order valence-electron chi connectivity index (χ3n) is 6.34. The Balaban J connectivity index is 1.35. The molecule has 1 saturated heterocycles. The molecule has 0 aromatic heterocycles. The molecule has 1 heterocycles. The third-order valence-corrected chi connectivity index (χ3v) is 8.23. The molecule has 0 atom stereocenters. The number of alkyl halides is 3. The van der Waals surface area contributed by atoms with Crippen LogP contribution in [0.4, 0.5) is 18.9 Å². The number of carbonyl (C=O) groups is 1. The minimum absolute atomic E-state index is 0.177. The zero-order valence-electron chi connectivity index (χ0n) is 18.0. The molecule has 2 aromatic carbocycles. The highest BCUT2D eigenvalue weighted by Crippen LogP contribution is 2.34. The first-order valence-electron chi connectivity index (χ1n) is 11.0. The molecule has 2 aromatic rings. The second-order valence-corrected chi connectivity index (χ2v) is 10.4. The Labute approximate surface area is 191 Å². The minimum Gasteiger partial charge on any atom is -0.298 e. The van der Waals surface area contributed by atoms with Crippen LogP contribution in [0.5, 0.6) is 0 Å². The highest BCUT2D eigenvalue weighted by Gasteiger charge is 2.35. The first-order chi connectivity index (χ1) is 15.7. The van der Waals surface area contributed by atoms with Gasteiger partial charge in [-0.2, -0.15) is 17.5 Å². The fourth-order valence-corrected chi connectivity index (χ4v) is 5.97. The van der Waals surface area contributed by atoms with Gasteiger partial charge in [0.15, 0.2) is 0 Å². The van der Waals surface area contributed by atoms with Crippen molar-refractivity contribution in [3.8, 4) is 0 Å². The van der Waals surface area contributed by atoms with E-state index in [-0.39, 0.29) is 23.7 Å². The van der Waals surface area contributed by atoms with Gasteiger partial charge >= 0.3 is 6.18 Å². The molecule has 2 N–H and O–H groups in total. The number of aryl methyl sites for hydroxylation is 2. The van der Waals surface area contributed by atoms with Crippen molar-refractivity contribution >= 4 is 21.6 Å². The maximum absolute atomic E-state index is 13.1. The quantitative estimate of drug-likeness (QED) is 0.630. The summed E-state index contributed by atoms with van der Waals surface area (Å²) in [4.78, 5) is 12.8. The SMILES string of the molecule is O=C(NNc1ccccc1C(F)(F)F)C1CCN(S(=O)(=O)c2ccc3c(c2)CCCC3)CC1. The van der Waals surface area contributed by atoms with E-state index >= 15 is 0 Å². The highest BCUT2D eigenvalue weighted by molar-refractivity contribution is 7.89. The lowest BCUT2D eigenvalue weighted by Gasteiger charge is -2.31. The minimum atomic E-state index is -4.55. The molecule has 1 aliphatic carbocycles. The van der Waals surface area contributed by atoms with Crippen LogP contribution in [0.2, 0.25) is 0 Å². The smallest absolute Gasteiger partial charge is 0.298 e. The van der Waals surface area contributed by atoms with Crippen molar-refractivity contribution in [2.45, 2.75) is 49.6 Å². The first kappa shape index (κ1) is 23.6. The number of hydrazine groups is 1. The predicted octanol–water partition coefficient (Wildman–Crippen LogP) is 4.13. The lowest BCUT2D eigenvalue weighted by atomic mass is 9.92. The van der Waals surface area contributed by atoms with Gasteiger partial charge in [0.2, 0.25) is 15.9 Å². The van der Waals surface area contributed by atoms with E-state index in [0.29, 0.717) is 12.8 Å². The van der Waals surface area contributed by atoms with Crippen LogP contribution < -0.4 is 10.9 Å². The van der Waals surface area contributed by atoms with Crippen LogP contribution >= 0.6 is 0 Å². The zero-order chi connectivity index (χ0) is 23.6. The average Bonchev–Trinajstić information content (AvgIpc) is 2.82. The number of halogens is 3. The molecule has 1 fully saturated rings. The number of nitrogens with zero attached hydrogens (tertiary/aromatic N) is 1. The van der Waals surface area contributed by atoms with Gasteiger partial charge in [-0.1, -0.05) is 18.2 Å². The normalized spacial score (nSPS) is 17.9. The molecule has 0 bridgehead atoms. The van der Waals surface area contributed by atoms with Gasteiger partial charge in [-0.15, -0.1) is 0 Å². The lowest BCUT2D eigenvalue weighted by molar-refractivity contribution is -0.137. The maximum Gasteiger partial charge on any atom is 0.418 e. The van der Waals surface area contributed by atoms with Crippen LogP contribution in [0.1, 0.15) is 42.4 Å². The van der Waals surface area contributed by atoms with Crippen molar-refractivity contribution in [2.24, 2.45) is 5.92 Å². The molecule has 0 saturated carbocycles. The predicted molar refractivity (Wildman–Crippen MR) is 118 cm³/mol. The number of carbonyl (C=O) groups excluding carboxylic acids is 1. The van der Waals surface area contributed by atoms with Gasteiger partial charge < -0.3 is 0 Å². The number of sulfonamides is 1. The van der Waals surface area contributed by atoms with E-state index in [4.69, 9.17) is 0 Å². The van der Waals surface area contributed by atoms with Crippen LogP contribution in [-0.2, 0) is 33.8 Å². The van der Waals surface area contributed by atoms with Crippen LogP contribution in [0, 0.1) is 5.92 Å². The first-order valence-corrected chi connectivity index (χ1v) is 12.4. The van der Waals surface area contributed by atoms with Crippen LogP contribution in [-0.4, -0.2) is 31.7 Å². The van der Waals surface area contributed by atoms with Gasteiger partial charge in [0.25, 0.3) is 0 Å². The van der Waals surface area contributed by atoms with E-state index in [1.165, 1.54) is 28.1 Å². The Morgan fingerprint density at radius 2 is 1.64 bits per heavy atom. The van der Waals surface area contributed by atoms with Crippen molar-refractivity contribution in [1.29, 1.82) is 0 Å². The Morgan fingerprint density at radius 3 is 2.33 bits per heavy atom. The number of para-hydroxylation sites is 1. The molecular formula is C23H26F3N3O3S. The Bertz CT molecular complexity index is 1130. The summed E-state index contributed by atoms with van der Waals surface area (Å²) < 4.78 is 66.9. The summed E-state index contributed by atoms with van der Waals surface area (Å²) >= 11 is 0. The molecule has 6 nitrogen and oxygen atoms in total. The topological polar surface area (TPSA) is 78.5 Å². The largest absolute Gasteiger partial charge is 0.418 e. The molecule has 1 aliphatic heterocycles. The number of hydrogen-bond acceptors (Lipinski definition) is 4. The number of hydrogen-bond donors (Lipinski definition) is 2. The number of amides is 1. The summed E-state index contributed by atoms with van der Waals surface area (Å²) in [5.74, 6) is -0.955. The van der Waals surface area contributed by atoms with E-state index in [1.54, 1.807) is 12.1 Å². The van der Waals surface area contributed by atoms with Gasteiger partial charge in [0.05, 0.1) is 16.1 Å². The summed E-state index contributed by atoms with van der Waals surface area (Å²) in [7, 11) is -3.66. The zero-order valence-corrected chi connectivity index (χ0v) is 18.8. The number of rotatable bonds is 5. The van der Waals surface area contributed by atoms with Gasteiger partial charge in [-0.05, 0) is 73.9 Å². The monoisotopic (exact) mass is 481 g/mol. The van der Waals surface area contributed by atoms with Crippen molar-refractivity contribution in [3.05, 3.63) is 59.2 Å².